The number of hydrogen-bond donors (Lipinski definition) is 2. The third-order valence-electron chi connectivity index (χ3n) is 1.52. The second-order valence-corrected chi connectivity index (χ2v) is 2.62. The van der Waals surface area contributed by atoms with Crippen LogP contribution in [-0.2, 0) is 9.53 Å². The van der Waals surface area contributed by atoms with E-state index in [4.69, 9.17) is 15.9 Å². The van der Waals surface area contributed by atoms with Crippen LogP contribution in [0, 0.1) is 5.41 Å². The van der Waals surface area contributed by atoms with Crippen LogP contribution >= 0.6 is 0 Å². The highest BCUT2D eigenvalue weighted by molar-refractivity contribution is 5.73. The lowest BCUT2D eigenvalue weighted by Gasteiger charge is -1.99. The Morgan fingerprint density at radius 2 is 2.00 bits per heavy atom. The van der Waals surface area contributed by atoms with E-state index in [0.717, 1.165) is 32.1 Å². The van der Waals surface area contributed by atoms with Crippen molar-refractivity contribution < 1.29 is 9.53 Å². The van der Waals surface area contributed by atoms with Crippen molar-refractivity contribution in [3.63, 3.8) is 0 Å². The van der Waals surface area contributed by atoms with Gasteiger partial charge >= 0.3 is 0 Å². The highest BCUT2D eigenvalue weighted by Gasteiger charge is 1.94. The second-order valence-electron chi connectivity index (χ2n) is 2.62. The van der Waals surface area contributed by atoms with Crippen LogP contribution in [0.25, 0.3) is 0 Å². The van der Waals surface area contributed by atoms with E-state index in [9.17, 15) is 4.79 Å². The lowest BCUT2D eigenvalue weighted by atomic mass is 10.1. The molecule has 12 heavy (non-hydrogen) atoms. The third kappa shape index (κ3) is 8.94. The third-order valence-corrected chi connectivity index (χ3v) is 1.52. The summed E-state index contributed by atoms with van der Waals surface area (Å²) in [6, 6.07) is 0. The number of nitrogens with two attached hydrogens (primary N) is 1. The van der Waals surface area contributed by atoms with E-state index in [-0.39, 0.29) is 5.91 Å². The smallest absolute Gasteiger partial charge is 0.217 e. The van der Waals surface area contributed by atoms with Crippen molar-refractivity contribution in [3.8, 4) is 0 Å². The molecule has 4 nitrogen and oxygen atoms in total. The van der Waals surface area contributed by atoms with E-state index in [1.165, 1.54) is 0 Å². The van der Waals surface area contributed by atoms with Crippen LogP contribution in [0.3, 0.4) is 0 Å². The number of carbonyl (C=O) groups is 1. The van der Waals surface area contributed by atoms with Gasteiger partial charge in [-0.1, -0.05) is 12.8 Å². The summed E-state index contributed by atoms with van der Waals surface area (Å²) in [4.78, 5) is 10.3. The molecule has 0 saturated heterocycles. The molecule has 1 amide bonds. The topological polar surface area (TPSA) is 76.2 Å². The Morgan fingerprint density at radius 3 is 2.58 bits per heavy atom. The lowest BCUT2D eigenvalue weighted by Crippen LogP contribution is -2.09. The molecular weight excluding hydrogens is 156 g/mol. The molecule has 0 aromatic rings. The van der Waals surface area contributed by atoms with E-state index in [0.29, 0.717) is 13.0 Å². The Labute approximate surface area is 72.6 Å². The quantitative estimate of drug-likeness (QED) is 0.326. The molecule has 0 aliphatic heterocycles. The lowest BCUT2D eigenvalue weighted by molar-refractivity contribution is -0.118. The summed E-state index contributed by atoms with van der Waals surface area (Å²) in [6.45, 7) is 0.597. The van der Waals surface area contributed by atoms with Gasteiger partial charge in [-0.3, -0.25) is 10.2 Å². The summed E-state index contributed by atoms with van der Waals surface area (Å²) in [7, 11) is 0. The van der Waals surface area contributed by atoms with Gasteiger partial charge in [-0.25, -0.2) is 0 Å². The molecule has 0 spiro atoms. The number of hydrogen-bond acceptors (Lipinski definition) is 3. The first-order valence-electron chi connectivity index (χ1n) is 4.16. The van der Waals surface area contributed by atoms with Gasteiger partial charge in [-0.2, -0.15) is 0 Å². The Morgan fingerprint density at radius 1 is 1.33 bits per heavy atom. The zero-order valence-corrected chi connectivity index (χ0v) is 7.21. The predicted octanol–water partition coefficient (Wildman–Crippen LogP) is 1.05. The molecule has 0 aromatic carbocycles. The Hall–Kier alpha value is -1.06. The molecule has 0 rings (SSSR count). The molecule has 0 fully saturated rings. The van der Waals surface area contributed by atoms with Crippen LogP contribution in [0.2, 0.25) is 0 Å². The molecule has 0 unspecified atom stereocenters. The average Bonchev–Trinajstić information content (AvgIpc) is 2.02. The molecule has 0 atom stereocenters. The van der Waals surface area contributed by atoms with Gasteiger partial charge in [0.25, 0.3) is 0 Å². The summed E-state index contributed by atoms with van der Waals surface area (Å²) in [6.07, 6.45) is 5.26. The fourth-order valence-electron chi connectivity index (χ4n) is 0.897. The van der Waals surface area contributed by atoms with Gasteiger partial charge in [-0.15, -0.1) is 0 Å². The summed E-state index contributed by atoms with van der Waals surface area (Å²) in [5.41, 5.74) is 4.96. The van der Waals surface area contributed by atoms with Crippen LogP contribution in [-0.4, -0.2) is 18.9 Å². The van der Waals surface area contributed by atoms with E-state index in [2.05, 4.69) is 0 Å². The van der Waals surface area contributed by atoms with Crippen molar-refractivity contribution in [3.05, 3.63) is 0 Å². The van der Waals surface area contributed by atoms with Gasteiger partial charge in [0.1, 0.15) is 0 Å². The minimum Gasteiger partial charge on any atom is -0.484 e. The highest BCUT2D eigenvalue weighted by Crippen LogP contribution is 2.02. The first-order chi connectivity index (χ1) is 5.77. The van der Waals surface area contributed by atoms with Crippen molar-refractivity contribution in [2.24, 2.45) is 5.73 Å². The second kappa shape index (κ2) is 8.04. The maximum atomic E-state index is 10.3. The van der Waals surface area contributed by atoms with E-state index >= 15 is 0 Å². The number of amides is 1. The fourth-order valence-corrected chi connectivity index (χ4v) is 0.897. The molecule has 0 aliphatic rings. The van der Waals surface area contributed by atoms with E-state index in [1.54, 1.807) is 0 Å². The van der Waals surface area contributed by atoms with E-state index in [1.807, 2.05) is 0 Å². The zero-order chi connectivity index (χ0) is 9.23. The first kappa shape index (κ1) is 10.9. The largest absolute Gasteiger partial charge is 0.484 e. The van der Waals surface area contributed by atoms with Crippen LogP contribution in [0.5, 0.6) is 0 Å². The van der Waals surface area contributed by atoms with Crippen molar-refractivity contribution in [2.45, 2.75) is 32.1 Å². The molecule has 0 radical (unpaired) electrons. The van der Waals surface area contributed by atoms with Gasteiger partial charge < -0.3 is 10.5 Å². The number of carbonyl (C=O) groups excluding carboxylic acids is 1. The zero-order valence-electron chi connectivity index (χ0n) is 7.21. The average molecular weight is 172 g/mol. The number of rotatable bonds is 8. The molecule has 0 aromatic heterocycles. The van der Waals surface area contributed by atoms with E-state index < -0.39 is 0 Å². The summed E-state index contributed by atoms with van der Waals surface area (Å²) in [5, 5.41) is 6.57. The Bertz CT molecular complexity index is 137. The maximum absolute atomic E-state index is 10.3. The Kier molecular flexibility index (Phi) is 7.33. The fraction of sp³-hybridized carbons (Fsp3) is 0.750. The maximum Gasteiger partial charge on any atom is 0.217 e. The number of primary amides is 1. The number of unbranched alkanes of at least 4 members (excludes halogenated alkanes) is 3. The van der Waals surface area contributed by atoms with Gasteiger partial charge in [0, 0.05) is 6.42 Å². The molecule has 3 N–H and O–H groups in total. The van der Waals surface area contributed by atoms with Crippen LogP contribution in [0.15, 0.2) is 0 Å². The number of nitrogens with one attached hydrogen (secondary N) is 1. The molecule has 0 bridgehead atoms. The van der Waals surface area contributed by atoms with Crippen molar-refractivity contribution >= 4 is 12.3 Å². The highest BCUT2D eigenvalue weighted by atomic mass is 16.5. The predicted molar refractivity (Wildman–Crippen MR) is 47.0 cm³/mol. The van der Waals surface area contributed by atoms with Crippen LogP contribution in [0.1, 0.15) is 32.1 Å². The Balaban J connectivity index is 2.90. The minimum absolute atomic E-state index is 0.231. The molecule has 0 aliphatic carbocycles. The molecule has 0 saturated carbocycles. The molecule has 4 heteroatoms. The van der Waals surface area contributed by atoms with Crippen LogP contribution < -0.4 is 5.73 Å². The minimum atomic E-state index is -0.231. The standard InChI is InChI=1S/C8H16N2O2/c9-7-12-6-4-2-1-3-5-8(10)11/h7,9H,1-6H2,(H2,10,11). The van der Waals surface area contributed by atoms with Gasteiger partial charge in [-0.05, 0) is 12.8 Å². The van der Waals surface area contributed by atoms with Crippen molar-refractivity contribution in [2.75, 3.05) is 6.61 Å². The van der Waals surface area contributed by atoms with Crippen LogP contribution in [0.4, 0.5) is 0 Å². The summed E-state index contributed by atoms with van der Waals surface area (Å²) in [5.74, 6) is -0.231. The van der Waals surface area contributed by atoms with Gasteiger partial charge in [0.05, 0.1) is 6.61 Å². The van der Waals surface area contributed by atoms with Crippen molar-refractivity contribution in [1.29, 1.82) is 5.41 Å². The first-order valence-corrected chi connectivity index (χ1v) is 4.16. The number of ether oxygens (including phenoxy) is 1. The summed E-state index contributed by atoms with van der Waals surface area (Å²) >= 11 is 0. The normalized spacial score (nSPS) is 9.33. The molecule has 0 heterocycles. The SMILES string of the molecule is N=COCCCCCCC(N)=O. The molecule has 70 valence electrons. The van der Waals surface area contributed by atoms with Gasteiger partial charge in [0.15, 0.2) is 6.40 Å². The summed E-state index contributed by atoms with van der Waals surface area (Å²) < 4.78 is 4.71. The van der Waals surface area contributed by atoms with Crippen molar-refractivity contribution in [1.82, 2.24) is 0 Å². The van der Waals surface area contributed by atoms with Gasteiger partial charge in [0.2, 0.25) is 5.91 Å². The monoisotopic (exact) mass is 172 g/mol. The molecular formula is C8H16N2O2.